The molecule has 0 unspecified atom stereocenters. The van der Waals surface area contributed by atoms with Crippen LogP contribution in [0.5, 0.6) is 0 Å². The summed E-state index contributed by atoms with van der Waals surface area (Å²) in [6.07, 6.45) is 2.56. The van der Waals surface area contributed by atoms with E-state index in [-0.39, 0.29) is 5.91 Å². The number of thiocarbonyl (C=S) groups is 1. The first-order chi connectivity index (χ1) is 12.1. The molecule has 0 N–H and O–H groups in total. The Bertz CT molecular complexity index is 866. The van der Waals surface area contributed by atoms with Gasteiger partial charge in [-0.25, -0.2) is 0 Å². The van der Waals surface area contributed by atoms with Crippen LogP contribution >= 0.6 is 12.2 Å². The number of likely N-dealkylation sites (N-methyl/N-ethyl adjacent to an activating group) is 1. The molecule has 1 saturated heterocycles. The predicted molar refractivity (Wildman–Crippen MR) is 101 cm³/mol. The zero-order valence-electron chi connectivity index (χ0n) is 13.8. The number of nitriles is 1. The summed E-state index contributed by atoms with van der Waals surface area (Å²) in [5, 5.41) is 9.38. The zero-order chi connectivity index (χ0) is 17.8. The summed E-state index contributed by atoms with van der Waals surface area (Å²) < 4.78 is 0. The third kappa shape index (κ3) is 3.59. The van der Waals surface area contributed by atoms with Gasteiger partial charge in [-0.1, -0.05) is 42.5 Å². The first-order valence-electron chi connectivity index (χ1n) is 7.95. The Hall–Kier alpha value is -2.97. The molecule has 25 heavy (non-hydrogen) atoms. The summed E-state index contributed by atoms with van der Waals surface area (Å²) in [6.45, 7) is 0.552. The van der Waals surface area contributed by atoms with Gasteiger partial charge in [0.15, 0.2) is 5.11 Å². The van der Waals surface area contributed by atoms with Gasteiger partial charge in [0, 0.05) is 13.6 Å². The van der Waals surface area contributed by atoms with Crippen LogP contribution in [-0.2, 0) is 11.2 Å². The molecule has 4 nitrogen and oxygen atoms in total. The second kappa shape index (κ2) is 7.29. The lowest BCUT2D eigenvalue weighted by Gasteiger charge is -2.16. The van der Waals surface area contributed by atoms with Gasteiger partial charge in [0.05, 0.1) is 11.6 Å². The van der Waals surface area contributed by atoms with Gasteiger partial charge in [-0.3, -0.25) is 9.69 Å². The molecule has 0 atom stereocenters. The SMILES string of the molecule is CN1C(=S)N(CCc2ccccc2)C(=O)/C1=C\c1ccc(C#N)cc1. The van der Waals surface area contributed by atoms with Gasteiger partial charge in [-0.15, -0.1) is 0 Å². The highest BCUT2D eigenvalue weighted by atomic mass is 32.1. The van der Waals surface area contributed by atoms with E-state index < -0.39 is 0 Å². The van der Waals surface area contributed by atoms with Crippen LogP contribution < -0.4 is 0 Å². The van der Waals surface area contributed by atoms with Crippen molar-refractivity contribution in [2.24, 2.45) is 0 Å². The Morgan fingerprint density at radius 1 is 1.12 bits per heavy atom. The highest BCUT2D eigenvalue weighted by Gasteiger charge is 2.35. The number of carbonyl (C=O) groups is 1. The first kappa shape index (κ1) is 16.9. The fraction of sp³-hybridized carbons (Fsp3) is 0.150. The third-order valence-corrected chi connectivity index (χ3v) is 4.65. The van der Waals surface area contributed by atoms with Gasteiger partial charge in [0.1, 0.15) is 5.70 Å². The summed E-state index contributed by atoms with van der Waals surface area (Å²) in [5.41, 5.74) is 3.17. The fourth-order valence-electron chi connectivity index (χ4n) is 2.71. The molecule has 2 aromatic carbocycles. The van der Waals surface area contributed by atoms with Crippen LogP contribution in [0.2, 0.25) is 0 Å². The van der Waals surface area contributed by atoms with Crippen LogP contribution in [0.4, 0.5) is 0 Å². The average Bonchev–Trinajstić information content (AvgIpc) is 2.85. The van der Waals surface area contributed by atoms with Gasteiger partial charge in [0.25, 0.3) is 5.91 Å². The molecule has 0 spiro atoms. The van der Waals surface area contributed by atoms with Crippen LogP contribution in [-0.4, -0.2) is 34.4 Å². The maximum absolute atomic E-state index is 12.8. The monoisotopic (exact) mass is 347 g/mol. The standard InChI is InChI=1S/C20H17N3OS/c1-22-18(13-16-7-9-17(14-21)10-8-16)19(24)23(20(22)25)12-11-15-5-3-2-4-6-15/h2-10,13H,11-12H2,1H3/b18-13+. The minimum absolute atomic E-state index is 0.0900. The van der Waals surface area contributed by atoms with E-state index in [9.17, 15) is 4.79 Å². The van der Waals surface area contributed by atoms with Crippen LogP contribution in [0, 0.1) is 11.3 Å². The smallest absolute Gasteiger partial charge is 0.276 e. The van der Waals surface area contributed by atoms with Crippen LogP contribution in [0.3, 0.4) is 0 Å². The number of hydrogen-bond acceptors (Lipinski definition) is 3. The van der Waals surface area contributed by atoms with Crippen molar-refractivity contribution in [3.05, 3.63) is 77.0 Å². The Morgan fingerprint density at radius 3 is 2.44 bits per heavy atom. The van der Waals surface area contributed by atoms with E-state index in [0.29, 0.717) is 22.9 Å². The van der Waals surface area contributed by atoms with E-state index in [0.717, 1.165) is 12.0 Å². The van der Waals surface area contributed by atoms with Crippen molar-refractivity contribution >= 4 is 29.3 Å². The number of benzene rings is 2. The van der Waals surface area contributed by atoms with Crippen molar-refractivity contribution in [3.63, 3.8) is 0 Å². The van der Waals surface area contributed by atoms with Crippen LogP contribution in [0.25, 0.3) is 6.08 Å². The molecule has 1 fully saturated rings. The average molecular weight is 347 g/mol. The van der Waals surface area contributed by atoms with Gasteiger partial charge in [-0.2, -0.15) is 5.26 Å². The molecule has 0 bridgehead atoms. The minimum Gasteiger partial charge on any atom is -0.317 e. The van der Waals surface area contributed by atoms with Crippen molar-refractivity contribution in [2.75, 3.05) is 13.6 Å². The van der Waals surface area contributed by atoms with E-state index in [1.54, 1.807) is 35.1 Å². The second-order valence-corrected chi connectivity index (χ2v) is 6.16. The molecule has 1 heterocycles. The van der Waals surface area contributed by atoms with Crippen molar-refractivity contribution in [3.8, 4) is 6.07 Å². The molecular weight excluding hydrogens is 330 g/mol. The van der Waals surface area contributed by atoms with E-state index in [1.165, 1.54) is 5.56 Å². The Balaban J connectivity index is 1.77. The van der Waals surface area contributed by atoms with E-state index in [1.807, 2.05) is 42.5 Å². The lowest BCUT2D eigenvalue weighted by atomic mass is 10.1. The van der Waals surface area contributed by atoms with E-state index in [2.05, 4.69) is 6.07 Å². The third-order valence-electron chi connectivity index (χ3n) is 4.15. The summed E-state index contributed by atoms with van der Waals surface area (Å²) in [4.78, 5) is 16.1. The van der Waals surface area contributed by atoms with Crippen LogP contribution in [0.1, 0.15) is 16.7 Å². The molecule has 1 aliphatic rings. The Morgan fingerprint density at radius 2 is 1.80 bits per heavy atom. The molecule has 1 aliphatic heterocycles. The molecule has 0 aromatic heterocycles. The summed E-state index contributed by atoms with van der Waals surface area (Å²) in [7, 11) is 1.80. The van der Waals surface area contributed by atoms with E-state index in [4.69, 9.17) is 17.5 Å². The number of nitrogens with zero attached hydrogens (tertiary/aromatic N) is 3. The molecule has 0 saturated carbocycles. The lowest BCUT2D eigenvalue weighted by molar-refractivity contribution is -0.122. The second-order valence-electron chi connectivity index (χ2n) is 5.80. The highest BCUT2D eigenvalue weighted by molar-refractivity contribution is 7.80. The molecular formula is C20H17N3OS. The zero-order valence-corrected chi connectivity index (χ0v) is 14.7. The Kier molecular flexibility index (Phi) is 4.92. The number of carbonyl (C=O) groups excluding carboxylic acids is 1. The molecule has 3 rings (SSSR count). The maximum atomic E-state index is 12.8. The number of amides is 1. The van der Waals surface area contributed by atoms with Gasteiger partial charge >= 0.3 is 0 Å². The minimum atomic E-state index is -0.0900. The molecule has 124 valence electrons. The molecule has 1 amide bonds. The van der Waals surface area contributed by atoms with Crippen molar-refractivity contribution in [1.29, 1.82) is 5.26 Å². The highest BCUT2D eigenvalue weighted by Crippen LogP contribution is 2.22. The quantitative estimate of drug-likeness (QED) is 0.629. The molecule has 5 heteroatoms. The Labute approximate surface area is 152 Å². The summed E-state index contributed by atoms with van der Waals surface area (Å²) in [5.74, 6) is -0.0900. The number of hydrogen-bond donors (Lipinski definition) is 0. The molecule has 2 aromatic rings. The predicted octanol–water partition coefficient (Wildman–Crippen LogP) is 3.20. The summed E-state index contributed by atoms with van der Waals surface area (Å²) >= 11 is 5.44. The molecule has 0 radical (unpaired) electrons. The summed E-state index contributed by atoms with van der Waals surface area (Å²) in [6, 6.07) is 19.2. The van der Waals surface area contributed by atoms with Crippen molar-refractivity contribution < 1.29 is 4.79 Å². The normalized spacial score (nSPS) is 15.8. The van der Waals surface area contributed by atoms with Crippen LogP contribution in [0.15, 0.2) is 60.3 Å². The van der Waals surface area contributed by atoms with E-state index >= 15 is 0 Å². The maximum Gasteiger partial charge on any atom is 0.276 e. The largest absolute Gasteiger partial charge is 0.317 e. The fourth-order valence-corrected chi connectivity index (χ4v) is 2.98. The first-order valence-corrected chi connectivity index (χ1v) is 8.36. The lowest BCUT2D eigenvalue weighted by Crippen LogP contribution is -2.33. The van der Waals surface area contributed by atoms with Gasteiger partial charge in [0.2, 0.25) is 0 Å². The number of rotatable bonds is 4. The van der Waals surface area contributed by atoms with Crippen molar-refractivity contribution in [1.82, 2.24) is 9.80 Å². The van der Waals surface area contributed by atoms with Gasteiger partial charge < -0.3 is 4.90 Å². The topological polar surface area (TPSA) is 47.3 Å². The molecule has 0 aliphatic carbocycles. The van der Waals surface area contributed by atoms with Crippen molar-refractivity contribution in [2.45, 2.75) is 6.42 Å². The van der Waals surface area contributed by atoms with Gasteiger partial charge in [-0.05, 0) is 48.0 Å².